The highest BCUT2D eigenvalue weighted by Crippen LogP contribution is 2.16. The van der Waals surface area contributed by atoms with Gasteiger partial charge in [0.15, 0.2) is 6.10 Å². The summed E-state index contributed by atoms with van der Waals surface area (Å²) in [7, 11) is 0. The summed E-state index contributed by atoms with van der Waals surface area (Å²) in [6.07, 6.45) is 93.1. The molecule has 0 saturated heterocycles. The largest absolute Gasteiger partial charge is 0.462 e. The molecule has 6 heteroatoms. The van der Waals surface area contributed by atoms with E-state index in [2.05, 4.69) is 154 Å². The zero-order chi connectivity index (χ0) is 57.1. The molecule has 0 saturated carbocycles. The van der Waals surface area contributed by atoms with E-state index in [1.54, 1.807) is 0 Å². The normalized spacial score (nSPS) is 13.0. The number of allylic oxidation sites excluding steroid dienone is 22. The molecule has 0 aromatic rings. The van der Waals surface area contributed by atoms with Gasteiger partial charge in [0.25, 0.3) is 0 Å². The highest BCUT2D eigenvalue weighted by atomic mass is 16.6. The average molecular weight is 1090 g/mol. The Bertz CT molecular complexity index is 1680. The van der Waals surface area contributed by atoms with Crippen molar-refractivity contribution in [1.29, 1.82) is 0 Å². The van der Waals surface area contributed by atoms with Crippen molar-refractivity contribution in [3.8, 4) is 0 Å². The van der Waals surface area contributed by atoms with Crippen LogP contribution < -0.4 is 0 Å². The van der Waals surface area contributed by atoms with Gasteiger partial charge in [0.2, 0.25) is 0 Å². The molecule has 0 rings (SSSR count). The maximum Gasteiger partial charge on any atom is 0.306 e. The molecule has 0 heterocycles. The predicted octanol–water partition coefficient (Wildman–Crippen LogP) is 22.5. The van der Waals surface area contributed by atoms with Crippen molar-refractivity contribution in [3.05, 3.63) is 134 Å². The number of esters is 3. The van der Waals surface area contributed by atoms with Crippen LogP contribution in [0.4, 0.5) is 0 Å². The molecular weight excluding hydrogens is 973 g/mol. The van der Waals surface area contributed by atoms with Crippen LogP contribution in [-0.4, -0.2) is 37.2 Å². The maximum atomic E-state index is 12.9. The van der Waals surface area contributed by atoms with Crippen LogP contribution in [-0.2, 0) is 28.6 Å². The lowest BCUT2D eigenvalue weighted by molar-refractivity contribution is -0.167. The fourth-order valence-electron chi connectivity index (χ4n) is 8.77. The summed E-state index contributed by atoms with van der Waals surface area (Å²) in [5, 5.41) is 0. The Balaban J connectivity index is 4.46. The lowest BCUT2D eigenvalue weighted by atomic mass is 10.0. The summed E-state index contributed by atoms with van der Waals surface area (Å²) in [5.74, 6) is -0.966. The second-order valence-electron chi connectivity index (χ2n) is 21.3. The first kappa shape index (κ1) is 74.5. The number of carbonyl (C=O) groups is 3. The van der Waals surface area contributed by atoms with Gasteiger partial charge in [-0.15, -0.1) is 0 Å². The number of carbonyl (C=O) groups excluding carboxylic acids is 3. The number of hydrogen-bond donors (Lipinski definition) is 0. The Labute approximate surface area is 487 Å². The van der Waals surface area contributed by atoms with Gasteiger partial charge in [-0.2, -0.15) is 0 Å². The quantitative estimate of drug-likeness (QED) is 0.0261. The fraction of sp³-hybridized carbons (Fsp3) is 0.658. The third-order valence-corrected chi connectivity index (χ3v) is 13.6. The van der Waals surface area contributed by atoms with Crippen LogP contribution in [0, 0.1) is 0 Å². The molecule has 0 aliphatic rings. The minimum atomic E-state index is -0.810. The van der Waals surface area contributed by atoms with E-state index in [1.807, 2.05) is 0 Å². The molecule has 0 amide bonds. The van der Waals surface area contributed by atoms with Gasteiger partial charge in [0, 0.05) is 19.3 Å². The first-order valence-electron chi connectivity index (χ1n) is 32.7. The molecule has 0 aliphatic heterocycles. The smallest absolute Gasteiger partial charge is 0.306 e. The summed E-state index contributed by atoms with van der Waals surface area (Å²) in [6.45, 7) is 6.46. The van der Waals surface area contributed by atoms with E-state index in [0.717, 1.165) is 116 Å². The molecule has 6 nitrogen and oxygen atoms in total. The maximum absolute atomic E-state index is 12.9. The Morgan fingerprint density at radius 1 is 0.266 bits per heavy atom. The molecule has 0 fully saturated rings. The van der Waals surface area contributed by atoms with Crippen LogP contribution >= 0.6 is 0 Å². The molecule has 0 aliphatic carbocycles. The highest BCUT2D eigenvalue weighted by Gasteiger charge is 2.19. The third-order valence-electron chi connectivity index (χ3n) is 13.6. The topological polar surface area (TPSA) is 78.9 Å². The Morgan fingerprint density at radius 3 is 0.848 bits per heavy atom. The van der Waals surface area contributed by atoms with Crippen LogP contribution in [0.15, 0.2) is 134 Å². The van der Waals surface area contributed by atoms with Crippen LogP contribution in [0.3, 0.4) is 0 Å². The van der Waals surface area contributed by atoms with Crippen molar-refractivity contribution in [3.63, 3.8) is 0 Å². The summed E-state index contributed by atoms with van der Waals surface area (Å²) in [6, 6.07) is 0. The molecule has 0 radical (unpaired) electrons. The van der Waals surface area contributed by atoms with Gasteiger partial charge < -0.3 is 14.2 Å². The molecule has 448 valence electrons. The fourth-order valence-corrected chi connectivity index (χ4v) is 8.77. The molecule has 0 spiro atoms. The van der Waals surface area contributed by atoms with E-state index >= 15 is 0 Å². The van der Waals surface area contributed by atoms with Gasteiger partial charge in [-0.3, -0.25) is 14.4 Å². The molecule has 0 aromatic carbocycles. The molecule has 1 atom stereocenters. The van der Waals surface area contributed by atoms with Gasteiger partial charge in [-0.1, -0.05) is 289 Å². The number of hydrogen-bond acceptors (Lipinski definition) is 6. The average Bonchev–Trinajstić information content (AvgIpc) is 3.45. The second kappa shape index (κ2) is 66.1. The van der Waals surface area contributed by atoms with E-state index in [-0.39, 0.29) is 37.5 Å². The van der Waals surface area contributed by atoms with Crippen molar-refractivity contribution in [2.24, 2.45) is 0 Å². The molecule has 0 bridgehead atoms. The zero-order valence-corrected chi connectivity index (χ0v) is 51.3. The van der Waals surface area contributed by atoms with E-state index in [4.69, 9.17) is 14.2 Å². The molecule has 0 N–H and O–H groups in total. The third kappa shape index (κ3) is 64.3. The van der Waals surface area contributed by atoms with Crippen molar-refractivity contribution in [1.82, 2.24) is 0 Å². The number of unbranched alkanes of at least 4 members (excludes halogenated alkanes) is 25. The summed E-state index contributed by atoms with van der Waals surface area (Å²) >= 11 is 0. The van der Waals surface area contributed by atoms with Crippen LogP contribution in [0.25, 0.3) is 0 Å². The Hall–Kier alpha value is -4.45. The molecule has 0 aromatic heterocycles. The van der Waals surface area contributed by atoms with Gasteiger partial charge in [0.1, 0.15) is 13.2 Å². The predicted molar refractivity (Wildman–Crippen MR) is 343 cm³/mol. The lowest BCUT2D eigenvalue weighted by Gasteiger charge is -2.18. The van der Waals surface area contributed by atoms with Crippen molar-refractivity contribution >= 4 is 17.9 Å². The number of ether oxygens (including phenoxy) is 3. The zero-order valence-electron chi connectivity index (χ0n) is 51.3. The first-order chi connectivity index (χ1) is 39.0. The van der Waals surface area contributed by atoms with Gasteiger partial charge >= 0.3 is 17.9 Å². The van der Waals surface area contributed by atoms with Gasteiger partial charge in [-0.25, -0.2) is 0 Å². The minimum Gasteiger partial charge on any atom is -0.462 e. The Morgan fingerprint density at radius 2 is 0.506 bits per heavy atom. The van der Waals surface area contributed by atoms with Gasteiger partial charge in [-0.05, 0) is 116 Å². The van der Waals surface area contributed by atoms with Crippen LogP contribution in [0.1, 0.15) is 290 Å². The van der Waals surface area contributed by atoms with E-state index in [0.29, 0.717) is 19.3 Å². The standard InChI is InChI=1S/C73H120O6/c1-4-7-10-13-16-19-22-25-28-30-31-32-33-34-35-36-37-38-39-40-41-43-45-48-51-54-57-60-63-66-72(75)78-69-70(68-77-71(74)65-62-59-56-53-50-47-44-27-24-21-18-15-12-9-6-3)79-73(76)67-64-61-58-55-52-49-46-42-29-26-23-20-17-14-11-8-5-2/h7,10,16-17,19-20,25-26,28-29,31-32,34-35,37-38,40-41,45,48,54,57,70H,4-6,8-9,11-15,18,21-24,27,30,33,36,39,42-44,46-47,49-53,55-56,58-69H2,1-3H3/b10-7-,19-16-,20-17-,28-25-,29-26-,32-31-,35-34-,38-37-,41-40-,48-45-,57-54-. The lowest BCUT2D eigenvalue weighted by Crippen LogP contribution is -2.30. The molecule has 1 unspecified atom stereocenters. The van der Waals surface area contributed by atoms with Gasteiger partial charge in [0.05, 0.1) is 0 Å². The molecule has 79 heavy (non-hydrogen) atoms. The van der Waals surface area contributed by atoms with Crippen molar-refractivity contribution in [2.45, 2.75) is 297 Å². The summed E-state index contributed by atoms with van der Waals surface area (Å²) in [5.41, 5.74) is 0. The Kier molecular flexibility index (Phi) is 62.3. The van der Waals surface area contributed by atoms with Crippen molar-refractivity contribution < 1.29 is 28.6 Å². The van der Waals surface area contributed by atoms with Crippen LogP contribution in [0.5, 0.6) is 0 Å². The highest BCUT2D eigenvalue weighted by molar-refractivity contribution is 5.71. The first-order valence-corrected chi connectivity index (χ1v) is 32.7. The van der Waals surface area contributed by atoms with E-state index in [1.165, 1.54) is 128 Å². The van der Waals surface area contributed by atoms with Crippen molar-refractivity contribution in [2.75, 3.05) is 13.2 Å². The second-order valence-corrected chi connectivity index (χ2v) is 21.3. The van der Waals surface area contributed by atoms with Crippen LogP contribution in [0.2, 0.25) is 0 Å². The monoisotopic (exact) mass is 1090 g/mol. The van der Waals surface area contributed by atoms with E-state index < -0.39 is 6.10 Å². The SMILES string of the molecule is CC/C=C\C/C=C\C/C=C\C/C=C\C/C=C\C/C=C\C/C=C\C/C=C\C/C=C\CCCC(=O)OCC(COC(=O)CCCCCCCCCCCCCCCCC)OC(=O)CCCCCCCCC/C=C\C/C=C\CCCCC. The minimum absolute atomic E-state index is 0.100. The summed E-state index contributed by atoms with van der Waals surface area (Å²) in [4.78, 5) is 38.3. The number of rotatable bonds is 58. The van der Waals surface area contributed by atoms with E-state index in [9.17, 15) is 14.4 Å². The molecular formula is C73H120O6. The summed E-state index contributed by atoms with van der Waals surface area (Å²) < 4.78 is 16.9.